The van der Waals surface area contributed by atoms with Gasteiger partial charge < -0.3 is 4.74 Å². The lowest BCUT2D eigenvalue weighted by atomic mass is 10.0. The van der Waals surface area contributed by atoms with Crippen molar-refractivity contribution in [3.63, 3.8) is 0 Å². The molecule has 0 saturated carbocycles. The number of hydrogen-bond donors (Lipinski definition) is 1. The summed E-state index contributed by atoms with van der Waals surface area (Å²) < 4.78 is 43.7. The maximum Gasteiger partial charge on any atom is 0.416 e. The van der Waals surface area contributed by atoms with E-state index < -0.39 is 11.7 Å². The van der Waals surface area contributed by atoms with E-state index in [1.54, 1.807) is 12.2 Å². The van der Waals surface area contributed by atoms with Crippen molar-refractivity contribution >= 4 is 6.08 Å². The zero-order valence-corrected chi connectivity index (χ0v) is 16.9. The fourth-order valence-electron chi connectivity index (χ4n) is 3.19. The second-order valence-electron chi connectivity index (χ2n) is 7.09. The molecule has 0 amide bonds. The fraction of sp³-hybridized carbons (Fsp3) is 0.125. The van der Waals surface area contributed by atoms with Crippen molar-refractivity contribution in [2.45, 2.75) is 12.6 Å². The minimum absolute atomic E-state index is 0.295. The summed E-state index contributed by atoms with van der Waals surface area (Å²) in [5, 5.41) is 13.9. The van der Waals surface area contributed by atoms with E-state index in [2.05, 4.69) is 26.7 Å². The lowest BCUT2D eigenvalue weighted by Gasteiger charge is -2.08. The smallest absolute Gasteiger partial charge is 0.416 e. The van der Waals surface area contributed by atoms with E-state index in [4.69, 9.17) is 4.74 Å². The van der Waals surface area contributed by atoms with Gasteiger partial charge in [0.1, 0.15) is 12.4 Å². The van der Waals surface area contributed by atoms with Crippen LogP contribution in [-0.2, 0) is 12.6 Å². The van der Waals surface area contributed by atoms with Crippen molar-refractivity contribution in [2.75, 3.05) is 6.61 Å². The highest BCUT2D eigenvalue weighted by Gasteiger charge is 2.29. The van der Waals surface area contributed by atoms with Crippen LogP contribution in [0, 0.1) is 0 Å². The molecule has 4 rings (SSSR count). The van der Waals surface area contributed by atoms with Gasteiger partial charge in [-0.3, -0.25) is 0 Å². The zero-order valence-electron chi connectivity index (χ0n) is 16.9. The highest BCUT2D eigenvalue weighted by molar-refractivity contribution is 5.66. The Morgan fingerprint density at radius 1 is 0.906 bits per heavy atom. The summed E-state index contributed by atoms with van der Waals surface area (Å²) in [6.07, 6.45) is -0.234. The Labute approximate surface area is 182 Å². The van der Waals surface area contributed by atoms with Crippen LogP contribution in [0.2, 0.25) is 0 Å². The number of nitrogens with zero attached hydrogens (tertiary/aromatic N) is 3. The van der Waals surface area contributed by atoms with Gasteiger partial charge in [0.15, 0.2) is 5.82 Å². The molecule has 0 aliphatic rings. The first-order valence-electron chi connectivity index (χ1n) is 9.86. The summed E-state index contributed by atoms with van der Waals surface area (Å²) in [5.41, 5.74) is 3.14. The Morgan fingerprint density at radius 2 is 1.66 bits per heavy atom. The summed E-state index contributed by atoms with van der Waals surface area (Å²) >= 11 is 0. The highest BCUT2D eigenvalue weighted by atomic mass is 19.4. The number of hydrogen-bond acceptors (Lipinski definition) is 4. The van der Waals surface area contributed by atoms with Gasteiger partial charge in [0.05, 0.1) is 5.56 Å². The number of rotatable bonds is 7. The molecule has 0 fully saturated rings. The zero-order chi connectivity index (χ0) is 22.4. The third-order valence-electron chi connectivity index (χ3n) is 4.75. The second-order valence-corrected chi connectivity index (χ2v) is 7.09. The van der Waals surface area contributed by atoms with Crippen LogP contribution in [0.5, 0.6) is 5.75 Å². The molecular formula is C24H19F3N4O. The molecule has 0 bridgehead atoms. The van der Waals surface area contributed by atoms with Crippen LogP contribution in [0.25, 0.3) is 17.2 Å². The lowest BCUT2D eigenvalue weighted by molar-refractivity contribution is -0.137. The van der Waals surface area contributed by atoms with Crippen molar-refractivity contribution in [1.29, 1.82) is 0 Å². The van der Waals surface area contributed by atoms with Crippen molar-refractivity contribution in [3.8, 4) is 16.9 Å². The van der Waals surface area contributed by atoms with Gasteiger partial charge in [-0.05, 0) is 63.0 Å². The van der Waals surface area contributed by atoms with E-state index in [1.165, 1.54) is 12.1 Å². The summed E-state index contributed by atoms with van der Waals surface area (Å²) in [4.78, 5) is 0. The van der Waals surface area contributed by atoms with Gasteiger partial charge in [-0.25, -0.2) is 5.10 Å². The second kappa shape index (κ2) is 9.47. The van der Waals surface area contributed by atoms with Crippen LogP contribution in [0.1, 0.15) is 22.5 Å². The number of H-pyrrole nitrogens is 1. The Kier molecular flexibility index (Phi) is 6.30. The van der Waals surface area contributed by atoms with Gasteiger partial charge >= 0.3 is 6.18 Å². The standard InChI is InChI=1S/C24H19F3N4O/c25-24(26,27)21-11-9-17(10-12-21)5-3-13-32-22-8-2-7-20(16-22)19-6-1-4-18(14-19)15-23-28-30-31-29-23/h1-12,14,16H,13,15H2,(H,28,29,30,31)/b5-3+. The molecule has 162 valence electrons. The number of ether oxygens (including phenoxy) is 1. The van der Waals surface area contributed by atoms with Crippen LogP contribution < -0.4 is 4.74 Å². The van der Waals surface area contributed by atoms with Crippen LogP contribution in [0.15, 0.2) is 78.9 Å². The van der Waals surface area contributed by atoms with Crippen LogP contribution >= 0.6 is 0 Å². The van der Waals surface area contributed by atoms with E-state index in [-0.39, 0.29) is 0 Å². The van der Waals surface area contributed by atoms with Crippen molar-refractivity contribution in [2.24, 2.45) is 0 Å². The molecule has 0 unspecified atom stereocenters. The minimum Gasteiger partial charge on any atom is -0.490 e. The first-order chi connectivity index (χ1) is 15.5. The van der Waals surface area contributed by atoms with Crippen molar-refractivity contribution < 1.29 is 17.9 Å². The summed E-state index contributed by atoms with van der Waals surface area (Å²) in [7, 11) is 0. The van der Waals surface area contributed by atoms with Gasteiger partial charge in [-0.2, -0.15) is 13.2 Å². The summed E-state index contributed by atoms with van der Waals surface area (Å²) in [5.74, 6) is 1.39. The number of alkyl halides is 3. The highest BCUT2D eigenvalue weighted by Crippen LogP contribution is 2.29. The monoisotopic (exact) mass is 436 g/mol. The Morgan fingerprint density at radius 3 is 2.38 bits per heavy atom. The molecule has 8 heteroatoms. The predicted octanol–water partition coefficient (Wildman–Crippen LogP) is 5.57. The Bertz CT molecular complexity index is 1190. The fourth-order valence-corrected chi connectivity index (χ4v) is 3.19. The van der Waals surface area contributed by atoms with E-state index in [9.17, 15) is 13.2 Å². The van der Waals surface area contributed by atoms with Gasteiger partial charge in [0.2, 0.25) is 0 Å². The topological polar surface area (TPSA) is 63.7 Å². The first-order valence-corrected chi connectivity index (χ1v) is 9.86. The third-order valence-corrected chi connectivity index (χ3v) is 4.75. The number of halogens is 3. The number of tetrazole rings is 1. The molecule has 1 heterocycles. The summed E-state index contributed by atoms with van der Waals surface area (Å²) in [6.45, 7) is 0.295. The van der Waals surface area contributed by atoms with E-state index >= 15 is 0 Å². The number of aromatic nitrogens is 4. The normalized spacial score (nSPS) is 11.7. The molecule has 0 atom stereocenters. The largest absolute Gasteiger partial charge is 0.490 e. The van der Waals surface area contributed by atoms with Crippen LogP contribution in [0.4, 0.5) is 13.2 Å². The molecule has 0 aliphatic carbocycles. The summed E-state index contributed by atoms with van der Waals surface area (Å²) in [6, 6.07) is 20.8. The minimum atomic E-state index is -4.33. The van der Waals surface area contributed by atoms with Gasteiger partial charge in [-0.1, -0.05) is 54.6 Å². The molecule has 4 aromatic rings. The lowest BCUT2D eigenvalue weighted by Crippen LogP contribution is -2.03. The first kappa shape index (κ1) is 21.3. The molecule has 0 aliphatic heterocycles. The van der Waals surface area contributed by atoms with E-state index in [0.717, 1.165) is 28.8 Å². The molecule has 32 heavy (non-hydrogen) atoms. The molecule has 3 aromatic carbocycles. The third kappa shape index (κ3) is 5.60. The van der Waals surface area contributed by atoms with Gasteiger partial charge in [0.25, 0.3) is 0 Å². The van der Waals surface area contributed by atoms with Gasteiger partial charge in [0, 0.05) is 6.42 Å². The van der Waals surface area contributed by atoms with Gasteiger partial charge in [-0.15, -0.1) is 5.10 Å². The molecule has 0 saturated heterocycles. The average molecular weight is 436 g/mol. The predicted molar refractivity (Wildman–Crippen MR) is 115 cm³/mol. The number of aromatic amines is 1. The SMILES string of the molecule is FC(F)(F)c1ccc(/C=C/COc2cccc(-c3cccc(Cc4nnn[nH]4)c3)c2)cc1. The van der Waals surface area contributed by atoms with Crippen LogP contribution in [0.3, 0.4) is 0 Å². The van der Waals surface area contributed by atoms with Crippen LogP contribution in [-0.4, -0.2) is 27.2 Å². The molecular weight excluding hydrogens is 417 g/mol. The quantitative estimate of drug-likeness (QED) is 0.412. The van der Waals surface area contributed by atoms with Crippen molar-refractivity contribution in [1.82, 2.24) is 20.6 Å². The maximum absolute atomic E-state index is 12.6. The molecule has 5 nitrogen and oxygen atoms in total. The number of benzene rings is 3. The molecule has 0 spiro atoms. The number of nitrogens with one attached hydrogen (secondary N) is 1. The van der Waals surface area contributed by atoms with E-state index in [1.807, 2.05) is 42.5 Å². The van der Waals surface area contributed by atoms with Crippen molar-refractivity contribution in [3.05, 3.63) is 101 Å². The molecule has 0 radical (unpaired) electrons. The molecule has 1 N–H and O–H groups in total. The Balaban J connectivity index is 1.38. The Hall–Kier alpha value is -3.94. The molecule has 1 aromatic heterocycles. The average Bonchev–Trinajstić information content (AvgIpc) is 3.30. The van der Waals surface area contributed by atoms with E-state index in [0.29, 0.717) is 30.2 Å². The maximum atomic E-state index is 12.6.